The summed E-state index contributed by atoms with van der Waals surface area (Å²) in [6.45, 7) is 3.47. The van der Waals surface area contributed by atoms with E-state index in [0.717, 1.165) is 0 Å². The molecule has 21 heavy (non-hydrogen) atoms. The fourth-order valence-electron chi connectivity index (χ4n) is 2.33. The minimum absolute atomic E-state index is 0.248. The van der Waals surface area contributed by atoms with E-state index in [1.165, 1.54) is 14.2 Å². The summed E-state index contributed by atoms with van der Waals surface area (Å²) in [4.78, 5) is 0.497. The van der Waals surface area contributed by atoms with E-state index >= 15 is 0 Å². The van der Waals surface area contributed by atoms with Gasteiger partial charge in [-0.1, -0.05) is 12.1 Å². The molecule has 112 valence electrons. The predicted octanol–water partition coefficient (Wildman–Crippen LogP) is 3.15. The SMILES string of the molecule is COc1cccc(S(=O)(=O)c2cccc(OC)c2C)c1C. The zero-order chi connectivity index (χ0) is 15.6. The van der Waals surface area contributed by atoms with E-state index in [-0.39, 0.29) is 9.79 Å². The molecule has 0 bridgehead atoms. The van der Waals surface area contributed by atoms with Crippen molar-refractivity contribution in [3.05, 3.63) is 47.5 Å². The summed E-state index contributed by atoms with van der Waals surface area (Å²) in [6.07, 6.45) is 0. The molecule has 2 aromatic rings. The van der Waals surface area contributed by atoms with Crippen molar-refractivity contribution in [3.8, 4) is 11.5 Å². The number of methoxy groups -OCH3 is 2. The van der Waals surface area contributed by atoms with Crippen LogP contribution in [0.25, 0.3) is 0 Å². The second-order valence-electron chi connectivity index (χ2n) is 4.67. The molecule has 0 saturated heterocycles. The van der Waals surface area contributed by atoms with Gasteiger partial charge in [0.15, 0.2) is 0 Å². The Labute approximate surface area is 125 Å². The summed E-state index contributed by atoms with van der Waals surface area (Å²) >= 11 is 0. The van der Waals surface area contributed by atoms with E-state index < -0.39 is 9.84 Å². The molecule has 0 aliphatic heterocycles. The van der Waals surface area contributed by atoms with E-state index in [9.17, 15) is 8.42 Å². The van der Waals surface area contributed by atoms with Gasteiger partial charge in [0.25, 0.3) is 0 Å². The normalized spacial score (nSPS) is 11.2. The molecular weight excluding hydrogens is 288 g/mol. The minimum atomic E-state index is -3.63. The Kier molecular flexibility index (Phi) is 4.23. The number of ether oxygens (including phenoxy) is 2. The average molecular weight is 306 g/mol. The number of benzene rings is 2. The summed E-state index contributed by atoms with van der Waals surface area (Å²) in [5, 5.41) is 0. The predicted molar refractivity (Wildman–Crippen MR) is 80.9 cm³/mol. The molecule has 0 saturated carbocycles. The van der Waals surface area contributed by atoms with Crippen LogP contribution in [0.3, 0.4) is 0 Å². The summed E-state index contributed by atoms with van der Waals surface area (Å²) in [5.74, 6) is 1.10. The van der Waals surface area contributed by atoms with Crippen molar-refractivity contribution in [2.75, 3.05) is 14.2 Å². The van der Waals surface area contributed by atoms with Gasteiger partial charge < -0.3 is 9.47 Å². The highest BCUT2D eigenvalue weighted by molar-refractivity contribution is 7.91. The zero-order valence-electron chi connectivity index (χ0n) is 12.5. The van der Waals surface area contributed by atoms with Crippen LogP contribution in [0.1, 0.15) is 11.1 Å². The first kappa shape index (κ1) is 15.4. The van der Waals surface area contributed by atoms with E-state index in [1.807, 2.05) is 0 Å². The Balaban J connectivity index is 2.69. The Hall–Kier alpha value is -2.01. The Morgan fingerprint density at radius 3 is 1.48 bits per heavy atom. The molecule has 0 unspecified atom stereocenters. The maximum absolute atomic E-state index is 12.9. The maximum Gasteiger partial charge on any atom is 0.207 e. The molecule has 0 radical (unpaired) electrons. The summed E-state index contributed by atoms with van der Waals surface area (Å²) in [5.41, 5.74) is 1.20. The first-order chi connectivity index (χ1) is 9.93. The largest absolute Gasteiger partial charge is 0.496 e. The molecule has 2 aromatic carbocycles. The highest BCUT2D eigenvalue weighted by Crippen LogP contribution is 2.33. The lowest BCUT2D eigenvalue weighted by Gasteiger charge is -2.14. The molecule has 0 aliphatic carbocycles. The van der Waals surface area contributed by atoms with Crippen molar-refractivity contribution >= 4 is 9.84 Å². The number of hydrogen-bond acceptors (Lipinski definition) is 4. The monoisotopic (exact) mass is 306 g/mol. The van der Waals surface area contributed by atoms with Crippen LogP contribution in [-0.2, 0) is 9.84 Å². The second-order valence-corrected chi connectivity index (χ2v) is 6.56. The molecule has 0 N–H and O–H groups in total. The lowest BCUT2D eigenvalue weighted by molar-refractivity contribution is 0.409. The molecule has 0 atom stereocenters. The van der Waals surface area contributed by atoms with Crippen LogP contribution in [0.2, 0.25) is 0 Å². The topological polar surface area (TPSA) is 52.6 Å². The first-order valence-corrected chi connectivity index (χ1v) is 7.94. The number of sulfone groups is 1. The second kappa shape index (κ2) is 5.77. The van der Waals surface area contributed by atoms with Crippen molar-refractivity contribution < 1.29 is 17.9 Å². The average Bonchev–Trinajstić information content (AvgIpc) is 2.47. The highest BCUT2D eigenvalue weighted by atomic mass is 32.2. The number of hydrogen-bond donors (Lipinski definition) is 0. The van der Waals surface area contributed by atoms with E-state index in [4.69, 9.17) is 9.47 Å². The molecule has 0 aromatic heterocycles. The molecule has 0 spiro atoms. The van der Waals surface area contributed by atoms with Crippen molar-refractivity contribution in [1.82, 2.24) is 0 Å². The van der Waals surface area contributed by atoms with Crippen LogP contribution in [0.15, 0.2) is 46.2 Å². The van der Waals surface area contributed by atoms with Gasteiger partial charge in [0, 0.05) is 11.1 Å². The number of rotatable bonds is 4. The van der Waals surface area contributed by atoms with Gasteiger partial charge in [-0.2, -0.15) is 0 Å². The Morgan fingerprint density at radius 1 is 0.762 bits per heavy atom. The third-order valence-electron chi connectivity index (χ3n) is 3.49. The first-order valence-electron chi connectivity index (χ1n) is 6.45. The van der Waals surface area contributed by atoms with Crippen LogP contribution < -0.4 is 9.47 Å². The van der Waals surface area contributed by atoms with Crippen molar-refractivity contribution in [2.45, 2.75) is 23.6 Å². The quantitative estimate of drug-likeness (QED) is 0.870. The van der Waals surface area contributed by atoms with Gasteiger partial charge in [-0.3, -0.25) is 0 Å². The lowest BCUT2D eigenvalue weighted by atomic mass is 10.2. The Morgan fingerprint density at radius 2 is 1.14 bits per heavy atom. The van der Waals surface area contributed by atoms with E-state index in [0.29, 0.717) is 22.6 Å². The third kappa shape index (κ3) is 2.61. The van der Waals surface area contributed by atoms with Gasteiger partial charge in [0.2, 0.25) is 9.84 Å². The summed E-state index contributed by atoms with van der Waals surface area (Å²) in [6, 6.07) is 10.0. The zero-order valence-corrected chi connectivity index (χ0v) is 13.3. The smallest absolute Gasteiger partial charge is 0.207 e. The van der Waals surface area contributed by atoms with Gasteiger partial charge in [0.05, 0.1) is 24.0 Å². The van der Waals surface area contributed by atoms with Crippen LogP contribution >= 0.6 is 0 Å². The fraction of sp³-hybridized carbons (Fsp3) is 0.250. The van der Waals surface area contributed by atoms with Gasteiger partial charge in [-0.15, -0.1) is 0 Å². The Bertz CT molecular complexity index is 704. The molecular formula is C16H18O4S. The molecule has 5 heteroatoms. The van der Waals surface area contributed by atoms with Crippen molar-refractivity contribution in [1.29, 1.82) is 0 Å². The molecule has 0 amide bonds. The van der Waals surface area contributed by atoms with Gasteiger partial charge in [-0.05, 0) is 38.1 Å². The summed E-state index contributed by atoms with van der Waals surface area (Å²) < 4.78 is 36.2. The van der Waals surface area contributed by atoms with Crippen molar-refractivity contribution in [3.63, 3.8) is 0 Å². The van der Waals surface area contributed by atoms with Gasteiger partial charge >= 0.3 is 0 Å². The molecule has 4 nitrogen and oxygen atoms in total. The van der Waals surface area contributed by atoms with Crippen LogP contribution in [0.4, 0.5) is 0 Å². The fourth-order valence-corrected chi connectivity index (χ4v) is 4.09. The molecule has 0 aliphatic rings. The van der Waals surface area contributed by atoms with Crippen LogP contribution in [-0.4, -0.2) is 22.6 Å². The van der Waals surface area contributed by atoms with Crippen LogP contribution in [0, 0.1) is 13.8 Å². The van der Waals surface area contributed by atoms with Crippen molar-refractivity contribution in [2.24, 2.45) is 0 Å². The van der Waals surface area contributed by atoms with Crippen LogP contribution in [0.5, 0.6) is 11.5 Å². The molecule has 0 heterocycles. The van der Waals surface area contributed by atoms with E-state index in [2.05, 4.69) is 0 Å². The minimum Gasteiger partial charge on any atom is -0.496 e. The van der Waals surface area contributed by atoms with E-state index in [1.54, 1.807) is 50.2 Å². The maximum atomic E-state index is 12.9. The van der Waals surface area contributed by atoms with Gasteiger partial charge in [0.1, 0.15) is 11.5 Å². The molecule has 0 fully saturated rings. The highest BCUT2D eigenvalue weighted by Gasteiger charge is 2.24. The third-order valence-corrected chi connectivity index (χ3v) is 5.53. The van der Waals surface area contributed by atoms with Gasteiger partial charge in [-0.25, -0.2) is 8.42 Å². The summed E-state index contributed by atoms with van der Waals surface area (Å²) in [7, 11) is -0.579. The lowest BCUT2D eigenvalue weighted by Crippen LogP contribution is -2.07. The molecule has 2 rings (SSSR count). The standard InChI is InChI=1S/C16H18O4S/c1-11-13(19-3)7-5-9-15(11)21(17,18)16-10-6-8-14(20-4)12(16)2/h5-10H,1-4H3.